The molecule has 0 nitrogen and oxygen atoms in total. The first-order valence-corrected chi connectivity index (χ1v) is 9.24. The largest absolute Gasteiger partial charge is 0.0768 e. The third-order valence-corrected chi connectivity index (χ3v) is 4.78. The molecule has 0 aliphatic heterocycles. The molecule has 1 atom stereocenters. The molecule has 0 radical (unpaired) electrons. The Labute approximate surface area is 142 Å². The third-order valence-electron chi connectivity index (χ3n) is 4.78. The molecule has 0 bridgehead atoms. The average molecular weight is 306 g/mol. The number of allylic oxidation sites excluding steroid dienone is 4. The van der Waals surface area contributed by atoms with Crippen LogP contribution in [0.5, 0.6) is 0 Å². The van der Waals surface area contributed by atoms with E-state index < -0.39 is 0 Å². The van der Waals surface area contributed by atoms with E-state index in [1.165, 1.54) is 50.5 Å². The number of hydrogen-bond acceptors (Lipinski definition) is 0. The molecule has 23 heavy (non-hydrogen) atoms. The molecule has 2 rings (SSSR count). The van der Waals surface area contributed by atoms with E-state index in [1.54, 1.807) is 0 Å². The van der Waals surface area contributed by atoms with E-state index in [0.29, 0.717) is 5.41 Å². The highest BCUT2D eigenvalue weighted by atomic mass is 14.3. The summed E-state index contributed by atoms with van der Waals surface area (Å²) in [4.78, 5) is 0. The minimum atomic E-state index is 0.392. The first kappa shape index (κ1) is 17.6. The maximum absolute atomic E-state index is 3.32. The van der Waals surface area contributed by atoms with Crippen molar-refractivity contribution in [2.45, 2.75) is 65.2 Å². The fourth-order valence-corrected chi connectivity index (χ4v) is 3.23. The lowest BCUT2D eigenvalue weighted by Crippen LogP contribution is -2.19. The van der Waals surface area contributed by atoms with Gasteiger partial charge >= 0.3 is 0 Å². The van der Waals surface area contributed by atoms with Crippen LogP contribution in [0, 0.1) is 17.3 Å². The average Bonchev–Trinajstić information content (AvgIpc) is 2.61. The van der Waals surface area contributed by atoms with Gasteiger partial charge in [0.1, 0.15) is 0 Å². The Bertz CT molecular complexity index is 579. The molecular formula is C23H30. The first-order chi connectivity index (χ1) is 11.3. The normalized spacial score (nSPS) is 19.8. The van der Waals surface area contributed by atoms with E-state index in [-0.39, 0.29) is 0 Å². The number of benzene rings is 1. The van der Waals surface area contributed by atoms with E-state index in [1.807, 2.05) is 18.2 Å². The zero-order chi connectivity index (χ0) is 16.4. The number of rotatable bonds is 7. The zero-order valence-corrected chi connectivity index (χ0v) is 14.8. The summed E-state index contributed by atoms with van der Waals surface area (Å²) in [5, 5.41) is 0. The van der Waals surface area contributed by atoms with Gasteiger partial charge in [-0.2, -0.15) is 0 Å². The fourth-order valence-electron chi connectivity index (χ4n) is 3.23. The Morgan fingerprint density at radius 2 is 1.65 bits per heavy atom. The van der Waals surface area contributed by atoms with Crippen molar-refractivity contribution in [2.24, 2.45) is 5.41 Å². The maximum Gasteiger partial charge on any atom is 0.0249 e. The lowest BCUT2D eigenvalue weighted by Gasteiger charge is -2.32. The second kappa shape index (κ2) is 9.41. The van der Waals surface area contributed by atoms with Crippen LogP contribution in [-0.4, -0.2) is 0 Å². The summed E-state index contributed by atoms with van der Waals surface area (Å²) in [6, 6.07) is 10.2. The van der Waals surface area contributed by atoms with Crippen LogP contribution in [0.2, 0.25) is 0 Å². The molecule has 0 aromatic heterocycles. The molecule has 1 aliphatic carbocycles. The summed E-state index contributed by atoms with van der Waals surface area (Å²) in [6.45, 7) is 4.57. The van der Waals surface area contributed by atoms with Crippen molar-refractivity contribution in [1.82, 2.24) is 0 Å². The molecule has 1 aliphatic rings. The first-order valence-electron chi connectivity index (χ1n) is 9.24. The van der Waals surface area contributed by atoms with Crippen LogP contribution >= 0.6 is 0 Å². The van der Waals surface area contributed by atoms with Crippen LogP contribution in [0.4, 0.5) is 0 Å². The highest BCUT2D eigenvalue weighted by molar-refractivity contribution is 5.46. The topological polar surface area (TPSA) is 0 Å². The van der Waals surface area contributed by atoms with E-state index in [9.17, 15) is 0 Å². The lowest BCUT2D eigenvalue weighted by molar-refractivity contribution is 0.301. The molecule has 0 saturated carbocycles. The molecule has 0 spiro atoms. The second-order valence-corrected chi connectivity index (χ2v) is 6.74. The van der Waals surface area contributed by atoms with Gasteiger partial charge in [-0.25, -0.2) is 0 Å². The smallest absolute Gasteiger partial charge is 0.0249 e. The molecular weight excluding hydrogens is 276 g/mol. The Balaban J connectivity index is 2.01. The summed E-state index contributed by atoms with van der Waals surface area (Å²) in [6.07, 6.45) is 17.5. The van der Waals surface area contributed by atoms with Crippen molar-refractivity contribution in [2.75, 3.05) is 0 Å². The quantitative estimate of drug-likeness (QED) is 0.389. The molecule has 1 aromatic carbocycles. The van der Waals surface area contributed by atoms with Crippen molar-refractivity contribution in [3.63, 3.8) is 0 Å². The summed E-state index contributed by atoms with van der Waals surface area (Å²) in [5.74, 6) is 6.59. The monoisotopic (exact) mass is 306 g/mol. The minimum Gasteiger partial charge on any atom is -0.0768 e. The maximum atomic E-state index is 3.32. The molecule has 0 heterocycles. The van der Waals surface area contributed by atoms with E-state index in [2.05, 4.69) is 56.0 Å². The van der Waals surface area contributed by atoms with Gasteiger partial charge < -0.3 is 0 Å². The van der Waals surface area contributed by atoms with Gasteiger partial charge in [0.25, 0.3) is 0 Å². The van der Waals surface area contributed by atoms with Crippen LogP contribution in [-0.2, 0) is 0 Å². The van der Waals surface area contributed by atoms with Gasteiger partial charge in [-0.15, -0.1) is 0 Å². The van der Waals surface area contributed by atoms with Crippen molar-refractivity contribution >= 4 is 0 Å². The summed E-state index contributed by atoms with van der Waals surface area (Å²) < 4.78 is 0. The van der Waals surface area contributed by atoms with Gasteiger partial charge in [-0.3, -0.25) is 0 Å². The van der Waals surface area contributed by atoms with Gasteiger partial charge in [-0.05, 0) is 36.8 Å². The van der Waals surface area contributed by atoms with Crippen LogP contribution in [0.15, 0.2) is 54.1 Å². The second-order valence-electron chi connectivity index (χ2n) is 6.74. The van der Waals surface area contributed by atoms with Gasteiger partial charge in [0.2, 0.25) is 0 Å². The molecule has 0 N–H and O–H groups in total. The van der Waals surface area contributed by atoms with Gasteiger partial charge in [0.15, 0.2) is 0 Å². The molecule has 0 heteroatoms. The van der Waals surface area contributed by atoms with Crippen LogP contribution in [0.25, 0.3) is 0 Å². The zero-order valence-electron chi connectivity index (χ0n) is 14.8. The summed E-state index contributed by atoms with van der Waals surface area (Å²) in [7, 11) is 0. The van der Waals surface area contributed by atoms with Crippen molar-refractivity contribution in [1.29, 1.82) is 0 Å². The van der Waals surface area contributed by atoms with E-state index in [4.69, 9.17) is 0 Å². The molecule has 0 amide bonds. The third kappa shape index (κ3) is 5.76. The van der Waals surface area contributed by atoms with Crippen LogP contribution in [0.1, 0.15) is 70.8 Å². The van der Waals surface area contributed by atoms with Crippen molar-refractivity contribution < 1.29 is 0 Å². The Morgan fingerprint density at radius 3 is 2.30 bits per heavy atom. The fraction of sp³-hybridized carbons (Fsp3) is 0.478. The molecule has 1 unspecified atom stereocenters. The van der Waals surface area contributed by atoms with E-state index >= 15 is 0 Å². The SMILES string of the molecule is CCCCCC1(CCCC)C=CC(C#Cc2ccccc2)=CC1. The van der Waals surface area contributed by atoms with Crippen LogP contribution in [0.3, 0.4) is 0 Å². The molecule has 0 saturated heterocycles. The standard InChI is InChI=1S/C23H30/c1-3-5-10-18-23(17-6-4-2)19-15-22(16-20-23)14-13-21-11-8-7-9-12-21/h7-9,11-12,15-16,19H,3-6,10,17-18,20H2,1-2H3. The van der Waals surface area contributed by atoms with Gasteiger partial charge in [-0.1, -0.05) is 94.2 Å². The Kier molecular flexibility index (Phi) is 7.21. The summed E-state index contributed by atoms with van der Waals surface area (Å²) in [5.41, 5.74) is 2.66. The molecule has 0 fully saturated rings. The predicted molar refractivity (Wildman–Crippen MR) is 101 cm³/mol. The van der Waals surface area contributed by atoms with Crippen molar-refractivity contribution in [3.8, 4) is 11.8 Å². The Morgan fingerprint density at radius 1 is 0.913 bits per heavy atom. The number of hydrogen-bond donors (Lipinski definition) is 0. The Hall–Kier alpha value is -1.74. The molecule has 1 aromatic rings. The summed E-state index contributed by atoms with van der Waals surface area (Å²) >= 11 is 0. The van der Waals surface area contributed by atoms with Crippen molar-refractivity contribution in [3.05, 3.63) is 59.7 Å². The lowest BCUT2D eigenvalue weighted by atomic mass is 9.72. The highest BCUT2D eigenvalue weighted by Crippen LogP contribution is 2.39. The predicted octanol–water partition coefficient (Wildman–Crippen LogP) is 6.68. The van der Waals surface area contributed by atoms with Crippen LogP contribution < -0.4 is 0 Å². The number of unbranched alkanes of at least 4 members (excludes halogenated alkanes) is 3. The van der Waals surface area contributed by atoms with E-state index in [0.717, 1.165) is 12.0 Å². The highest BCUT2D eigenvalue weighted by Gasteiger charge is 2.26. The van der Waals surface area contributed by atoms with Gasteiger partial charge in [0.05, 0.1) is 0 Å². The van der Waals surface area contributed by atoms with Gasteiger partial charge in [0, 0.05) is 11.1 Å². The molecule has 122 valence electrons. The minimum absolute atomic E-state index is 0.392.